The Balaban J connectivity index is 1.88. The van der Waals surface area contributed by atoms with Crippen LogP contribution in [0.2, 0.25) is 0 Å². The first-order valence-electron chi connectivity index (χ1n) is 9.24. The van der Waals surface area contributed by atoms with Gasteiger partial charge in [-0.3, -0.25) is 9.59 Å². The number of amides is 2. The maximum Gasteiger partial charge on any atom is 0.260 e. The minimum absolute atomic E-state index is 0.164. The molecule has 2 aromatic rings. The molecule has 0 radical (unpaired) electrons. The standard InChI is InChI=1S/C21H25FN2O5/c1-4-27-18-10-9-16(12-19(18)28-5-2)23-20(25)13-24(3)21(26)14-29-17-8-6-7-15(22)11-17/h6-12H,4-5,13-14H2,1-3H3,(H,23,25). The molecule has 0 atom stereocenters. The Morgan fingerprint density at radius 2 is 1.72 bits per heavy atom. The van der Waals surface area contributed by atoms with Gasteiger partial charge in [-0.05, 0) is 38.1 Å². The van der Waals surface area contributed by atoms with Crippen molar-refractivity contribution < 1.29 is 28.2 Å². The van der Waals surface area contributed by atoms with Crippen LogP contribution in [-0.2, 0) is 9.59 Å². The third-order valence-electron chi connectivity index (χ3n) is 3.79. The number of anilines is 1. The van der Waals surface area contributed by atoms with Gasteiger partial charge in [0.2, 0.25) is 5.91 Å². The monoisotopic (exact) mass is 404 g/mol. The number of hydrogen-bond acceptors (Lipinski definition) is 5. The SMILES string of the molecule is CCOc1ccc(NC(=O)CN(C)C(=O)COc2cccc(F)c2)cc1OCC. The third-order valence-corrected chi connectivity index (χ3v) is 3.79. The average molecular weight is 404 g/mol. The van der Waals surface area contributed by atoms with E-state index < -0.39 is 11.7 Å². The van der Waals surface area contributed by atoms with E-state index in [1.165, 1.54) is 30.1 Å². The molecule has 0 aromatic heterocycles. The first-order valence-corrected chi connectivity index (χ1v) is 9.24. The van der Waals surface area contributed by atoms with E-state index in [1.807, 2.05) is 13.8 Å². The molecule has 2 rings (SSSR count). The van der Waals surface area contributed by atoms with E-state index in [0.717, 1.165) is 0 Å². The van der Waals surface area contributed by atoms with Gasteiger partial charge in [0.25, 0.3) is 5.91 Å². The number of ether oxygens (including phenoxy) is 3. The van der Waals surface area contributed by atoms with Crippen LogP contribution in [0.5, 0.6) is 17.2 Å². The van der Waals surface area contributed by atoms with Gasteiger partial charge in [0, 0.05) is 24.9 Å². The fourth-order valence-corrected chi connectivity index (χ4v) is 2.45. The van der Waals surface area contributed by atoms with E-state index in [9.17, 15) is 14.0 Å². The van der Waals surface area contributed by atoms with Crippen LogP contribution in [0.3, 0.4) is 0 Å². The van der Waals surface area contributed by atoms with Crippen LogP contribution in [0, 0.1) is 5.82 Å². The van der Waals surface area contributed by atoms with Crippen molar-refractivity contribution in [2.45, 2.75) is 13.8 Å². The van der Waals surface area contributed by atoms with Crippen molar-refractivity contribution in [1.82, 2.24) is 4.90 Å². The minimum Gasteiger partial charge on any atom is -0.490 e. The lowest BCUT2D eigenvalue weighted by atomic mass is 10.2. The molecular formula is C21H25FN2O5. The number of rotatable bonds is 10. The van der Waals surface area contributed by atoms with Gasteiger partial charge in [-0.25, -0.2) is 4.39 Å². The summed E-state index contributed by atoms with van der Waals surface area (Å²) in [6.45, 7) is 4.22. The van der Waals surface area contributed by atoms with Crippen LogP contribution in [0.15, 0.2) is 42.5 Å². The second-order valence-corrected chi connectivity index (χ2v) is 6.07. The van der Waals surface area contributed by atoms with E-state index in [0.29, 0.717) is 30.4 Å². The van der Waals surface area contributed by atoms with Crippen LogP contribution in [-0.4, -0.2) is 50.1 Å². The smallest absolute Gasteiger partial charge is 0.260 e. The fraction of sp³-hybridized carbons (Fsp3) is 0.333. The highest BCUT2D eigenvalue weighted by Gasteiger charge is 2.15. The molecule has 0 spiro atoms. The number of carbonyl (C=O) groups is 2. The zero-order chi connectivity index (χ0) is 21.2. The molecule has 0 aliphatic heterocycles. The summed E-state index contributed by atoms with van der Waals surface area (Å²) in [5.41, 5.74) is 0.527. The third kappa shape index (κ3) is 6.99. The fourth-order valence-electron chi connectivity index (χ4n) is 2.45. The lowest BCUT2D eigenvalue weighted by Gasteiger charge is -2.18. The maximum atomic E-state index is 13.1. The normalized spacial score (nSPS) is 10.2. The number of carbonyl (C=O) groups excluding carboxylic acids is 2. The molecule has 0 aliphatic carbocycles. The Kier molecular flexibility index (Phi) is 8.27. The number of nitrogens with one attached hydrogen (secondary N) is 1. The molecule has 1 N–H and O–H groups in total. The lowest BCUT2D eigenvalue weighted by Crippen LogP contribution is -2.37. The summed E-state index contributed by atoms with van der Waals surface area (Å²) in [5, 5.41) is 2.72. The van der Waals surface area contributed by atoms with E-state index in [-0.39, 0.29) is 24.8 Å². The topological polar surface area (TPSA) is 77.1 Å². The molecule has 0 heterocycles. The highest BCUT2D eigenvalue weighted by molar-refractivity contribution is 5.94. The van der Waals surface area contributed by atoms with E-state index >= 15 is 0 Å². The molecule has 0 saturated heterocycles. The molecule has 0 aliphatic rings. The number of halogens is 1. The largest absolute Gasteiger partial charge is 0.490 e. The quantitative estimate of drug-likeness (QED) is 0.659. The average Bonchev–Trinajstić information content (AvgIpc) is 2.68. The van der Waals surface area contributed by atoms with Crippen molar-refractivity contribution in [2.24, 2.45) is 0 Å². The van der Waals surface area contributed by atoms with Gasteiger partial charge in [-0.2, -0.15) is 0 Å². The predicted molar refractivity (Wildman–Crippen MR) is 107 cm³/mol. The van der Waals surface area contributed by atoms with Crippen molar-refractivity contribution in [1.29, 1.82) is 0 Å². The summed E-state index contributed by atoms with van der Waals surface area (Å²) in [6.07, 6.45) is 0. The molecule has 2 aromatic carbocycles. The zero-order valence-electron chi connectivity index (χ0n) is 16.7. The number of benzene rings is 2. The Morgan fingerprint density at radius 3 is 2.41 bits per heavy atom. The summed E-state index contributed by atoms with van der Waals surface area (Å²) in [6, 6.07) is 10.6. The maximum absolute atomic E-state index is 13.1. The van der Waals surface area contributed by atoms with Gasteiger partial charge in [0.05, 0.1) is 19.8 Å². The zero-order valence-corrected chi connectivity index (χ0v) is 16.7. The van der Waals surface area contributed by atoms with Crippen molar-refractivity contribution in [3.8, 4) is 17.2 Å². The molecule has 0 bridgehead atoms. The second kappa shape index (κ2) is 10.9. The van der Waals surface area contributed by atoms with Crippen molar-refractivity contribution in [3.05, 3.63) is 48.3 Å². The van der Waals surface area contributed by atoms with Gasteiger partial charge in [-0.15, -0.1) is 0 Å². The molecular weight excluding hydrogens is 379 g/mol. The lowest BCUT2D eigenvalue weighted by molar-refractivity contribution is -0.135. The molecule has 0 fully saturated rings. The molecule has 29 heavy (non-hydrogen) atoms. The molecule has 8 heteroatoms. The first-order chi connectivity index (χ1) is 13.9. The molecule has 0 unspecified atom stereocenters. The number of nitrogens with zero attached hydrogens (tertiary/aromatic N) is 1. The number of hydrogen-bond donors (Lipinski definition) is 1. The minimum atomic E-state index is -0.454. The Morgan fingerprint density at radius 1 is 1.00 bits per heavy atom. The summed E-state index contributed by atoms with van der Waals surface area (Å²) in [7, 11) is 1.49. The van der Waals surface area contributed by atoms with Gasteiger partial charge in [-0.1, -0.05) is 6.07 Å². The highest BCUT2D eigenvalue weighted by atomic mass is 19.1. The Bertz CT molecular complexity index is 844. The second-order valence-electron chi connectivity index (χ2n) is 6.07. The van der Waals surface area contributed by atoms with Gasteiger partial charge in [0.15, 0.2) is 18.1 Å². The van der Waals surface area contributed by atoms with Crippen LogP contribution >= 0.6 is 0 Å². The van der Waals surface area contributed by atoms with Gasteiger partial charge >= 0.3 is 0 Å². The summed E-state index contributed by atoms with van der Waals surface area (Å²) < 4.78 is 29.4. The van der Waals surface area contributed by atoms with Crippen molar-refractivity contribution in [3.63, 3.8) is 0 Å². The van der Waals surface area contributed by atoms with E-state index in [1.54, 1.807) is 24.3 Å². The van der Waals surface area contributed by atoms with Gasteiger partial charge < -0.3 is 24.4 Å². The molecule has 0 saturated carbocycles. The summed E-state index contributed by atoms with van der Waals surface area (Å²) in [5.74, 6) is 0.122. The molecule has 2 amide bonds. The van der Waals surface area contributed by atoms with E-state index in [4.69, 9.17) is 14.2 Å². The van der Waals surface area contributed by atoms with Gasteiger partial charge in [0.1, 0.15) is 11.6 Å². The highest BCUT2D eigenvalue weighted by Crippen LogP contribution is 2.30. The van der Waals surface area contributed by atoms with E-state index in [2.05, 4.69) is 5.32 Å². The predicted octanol–water partition coefficient (Wildman–Crippen LogP) is 3.10. The van der Waals surface area contributed by atoms with Crippen LogP contribution in [0.25, 0.3) is 0 Å². The molecule has 156 valence electrons. The van der Waals surface area contributed by atoms with Crippen LogP contribution in [0.4, 0.5) is 10.1 Å². The number of likely N-dealkylation sites (N-methyl/N-ethyl adjacent to an activating group) is 1. The summed E-state index contributed by atoms with van der Waals surface area (Å²) in [4.78, 5) is 25.6. The van der Waals surface area contributed by atoms with Crippen molar-refractivity contribution in [2.75, 3.05) is 38.7 Å². The van der Waals surface area contributed by atoms with Crippen LogP contribution in [0.1, 0.15) is 13.8 Å². The first kappa shape index (κ1) is 22.0. The van der Waals surface area contributed by atoms with Crippen molar-refractivity contribution >= 4 is 17.5 Å². The van der Waals surface area contributed by atoms with Crippen LogP contribution < -0.4 is 19.5 Å². The Hall–Kier alpha value is -3.29. The Labute approximate surface area is 169 Å². The molecule has 7 nitrogen and oxygen atoms in total. The summed E-state index contributed by atoms with van der Waals surface area (Å²) >= 11 is 0.